The second kappa shape index (κ2) is 8.19. The fourth-order valence-electron chi connectivity index (χ4n) is 1.94. The van der Waals surface area contributed by atoms with Crippen LogP contribution in [0.1, 0.15) is 12.5 Å². The first-order chi connectivity index (χ1) is 11.1. The topological polar surface area (TPSA) is 58.2 Å². The van der Waals surface area contributed by atoms with Crippen LogP contribution in [0.4, 0.5) is 11.4 Å². The third kappa shape index (κ3) is 5.64. The molecular formula is C18H18N2O2S. The Morgan fingerprint density at radius 3 is 2.39 bits per heavy atom. The first kappa shape index (κ1) is 16.8. The van der Waals surface area contributed by atoms with Crippen molar-refractivity contribution in [1.29, 1.82) is 0 Å². The highest BCUT2D eigenvalue weighted by atomic mass is 32.2. The van der Waals surface area contributed by atoms with E-state index >= 15 is 0 Å². The minimum atomic E-state index is -0.186. The predicted octanol–water partition coefficient (Wildman–Crippen LogP) is 4.02. The molecule has 0 saturated carbocycles. The molecule has 0 radical (unpaired) electrons. The lowest BCUT2D eigenvalue weighted by Crippen LogP contribution is -2.07. The molecule has 0 bridgehead atoms. The fraction of sp³-hybridized carbons (Fsp3) is 0.111. The van der Waals surface area contributed by atoms with Gasteiger partial charge in [0.05, 0.1) is 0 Å². The number of thioether (sulfide) groups is 1. The maximum Gasteiger partial charge on any atom is 0.248 e. The van der Waals surface area contributed by atoms with Gasteiger partial charge in [-0.1, -0.05) is 18.2 Å². The van der Waals surface area contributed by atoms with Crippen molar-refractivity contribution >= 4 is 41.0 Å². The Morgan fingerprint density at radius 2 is 1.74 bits per heavy atom. The predicted molar refractivity (Wildman–Crippen MR) is 96.6 cm³/mol. The molecule has 2 rings (SSSR count). The molecule has 0 atom stereocenters. The van der Waals surface area contributed by atoms with Crippen molar-refractivity contribution in [3.8, 4) is 0 Å². The van der Waals surface area contributed by atoms with Crippen LogP contribution in [-0.4, -0.2) is 18.1 Å². The Bertz CT molecular complexity index is 724. The second-order valence-electron chi connectivity index (χ2n) is 4.86. The highest BCUT2D eigenvalue weighted by Crippen LogP contribution is 2.19. The molecule has 4 nitrogen and oxygen atoms in total. The average Bonchev–Trinajstić information content (AvgIpc) is 2.54. The molecule has 0 spiro atoms. The molecule has 0 heterocycles. The highest BCUT2D eigenvalue weighted by molar-refractivity contribution is 7.98. The van der Waals surface area contributed by atoms with Gasteiger partial charge in [-0.2, -0.15) is 0 Å². The molecule has 0 aromatic heterocycles. The van der Waals surface area contributed by atoms with Gasteiger partial charge < -0.3 is 10.6 Å². The summed E-state index contributed by atoms with van der Waals surface area (Å²) in [6.45, 7) is 1.46. The van der Waals surface area contributed by atoms with Gasteiger partial charge in [0.25, 0.3) is 0 Å². The van der Waals surface area contributed by atoms with Gasteiger partial charge in [-0.25, -0.2) is 0 Å². The van der Waals surface area contributed by atoms with Crippen LogP contribution in [0.2, 0.25) is 0 Å². The van der Waals surface area contributed by atoms with Crippen LogP contribution in [0.15, 0.2) is 59.5 Å². The zero-order valence-corrected chi connectivity index (χ0v) is 13.8. The minimum Gasteiger partial charge on any atom is -0.326 e. The molecule has 5 heteroatoms. The number of rotatable bonds is 5. The standard InChI is InChI=1S/C18H18N2O2S/c1-13(21)19-15-9-6-14(7-10-15)8-11-18(22)20-16-4-3-5-17(12-16)23-2/h3-12H,1-2H3,(H,19,21)(H,20,22)/b11-8+. The van der Waals surface area contributed by atoms with E-state index < -0.39 is 0 Å². The van der Waals surface area contributed by atoms with Crippen molar-refractivity contribution < 1.29 is 9.59 Å². The molecule has 2 aromatic rings. The molecule has 0 saturated heterocycles. The van der Waals surface area contributed by atoms with Gasteiger partial charge in [-0.15, -0.1) is 11.8 Å². The van der Waals surface area contributed by atoms with Crippen molar-refractivity contribution in [2.75, 3.05) is 16.9 Å². The summed E-state index contributed by atoms with van der Waals surface area (Å²) >= 11 is 1.63. The SMILES string of the molecule is CSc1cccc(NC(=O)/C=C/c2ccc(NC(C)=O)cc2)c1. The first-order valence-corrected chi connectivity index (χ1v) is 8.30. The van der Waals surface area contributed by atoms with Crippen molar-refractivity contribution in [2.45, 2.75) is 11.8 Å². The van der Waals surface area contributed by atoms with E-state index in [9.17, 15) is 9.59 Å². The van der Waals surface area contributed by atoms with E-state index in [4.69, 9.17) is 0 Å². The molecule has 2 N–H and O–H groups in total. The third-order valence-electron chi connectivity index (χ3n) is 3.00. The Hall–Kier alpha value is -2.53. The fourth-order valence-corrected chi connectivity index (χ4v) is 2.40. The molecule has 0 aliphatic carbocycles. The van der Waals surface area contributed by atoms with Gasteiger partial charge in [0, 0.05) is 29.3 Å². The van der Waals surface area contributed by atoms with Crippen LogP contribution in [0.3, 0.4) is 0 Å². The summed E-state index contributed by atoms with van der Waals surface area (Å²) in [5, 5.41) is 5.52. The molecule has 0 fully saturated rings. The van der Waals surface area contributed by atoms with E-state index in [0.29, 0.717) is 0 Å². The molecule has 2 amide bonds. The van der Waals surface area contributed by atoms with Crippen LogP contribution >= 0.6 is 11.8 Å². The number of carbonyl (C=O) groups is 2. The lowest BCUT2D eigenvalue weighted by molar-refractivity contribution is -0.114. The van der Waals surface area contributed by atoms with E-state index in [0.717, 1.165) is 21.8 Å². The van der Waals surface area contributed by atoms with Crippen molar-refractivity contribution in [3.05, 3.63) is 60.2 Å². The number of anilines is 2. The Labute approximate surface area is 140 Å². The summed E-state index contributed by atoms with van der Waals surface area (Å²) in [5.41, 5.74) is 2.38. The Kier molecular flexibility index (Phi) is 6.00. The van der Waals surface area contributed by atoms with E-state index in [-0.39, 0.29) is 11.8 Å². The molecular weight excluding hydrogens is 308 g/mol. The lowest BCUT2D eigenvalue weighted by Gasteiger charge is -2.04. The molecule has 0 aliphatic heterocycles. The Morgan fingerprint density at radius 1 is 1.00 bits per heavy atom. The van der Waals surface area contributed by atoms with Crippen LogP contribution < -0.4 is 10.6 Å². The van der Waals surface area contributed by atoms with Gasteiger partial charge in [0.2, 0.25) is 11.8 Å². The molecule has 0 aliphatic rings. The smallest absolute Gasteiger partial charge is 0.248 e. The van der Waals surface area contributed by atoms with Gasteiger partial charge in [0.1, 0.15) is 0 Å². The van der Waals surface area contributed by atoms with E-state index in [2.05, 4.69) is 10.6 Å². The van der Waals surface area contributed by atoms with Crippen LogP contribution in [0.25, 0.3) is 6.08 Å². The molecule has 0 unspecified atom stereocenters. The van der Waals surface area contributed by atoms with E-state index in [1.165, 1.54) is 13.0 Å². The number of carbonyl (C=O) groups excluding carboxylic acids is 2. The third-order valence-corrected chi connectivity index (χ3v) is 3.72. The largest absolute Gasteiger partial charge is 0.326 e. The van der Waals surface area contributed by atoms with Crippen LogP contribution in [-0.2, 0) is 9.59 Å². The number of hydrogen-bond acceptors (Lipinski definition) is 3. The minimum absolute atomic E-state index is 0.111. The maximum absolute atomic E-state index is 11.9. The van der Waals surface area contributed by atoms with Crippen LogP contribution in [0, 0.1) is 0 Å². The second-order valence-corrected chi connectivity index (χ2v) is 5.74. The zero-order valence-electron chi connectivity index (χ0n) is 13.0. The first-order valence-electron chi connectivity index (χ1n) is 7.07. The molecule has 23 heavy (non-hydrogen) atoms. The average molecular weight is 326 g/mol. The highest BCUT2D eigenvalue weighted by Gasteiger charge is 1.99. The van der Waals surface area contributed by atoms with Crippen molar-refractivity contribution in [2.24, 2.45) is 0 Å². The Balaban J connectivity index is 1.96. The zero-order chi connectivity index (χ0) is 16.7. The van der Waals surface area contributed by atoms with E-state index in [1.807, 2.05) is 42.7 Å². The molecule has 118 valence electrons. The normalized spacial score (nSPS) is 10.5. The quantitative estimate of drug-likeness (QED) is 0.644. The molecule has 2 aromatic carbocycles. The van der Waals surface area contributed by atoms with Crippen molar-refractivity contribution in [3.63, 3.8) is 0 Å². The summed E-state index contributed by atoms with van der Waals surface area (Å²) in [6, 6.07) is 14.9. The van der Waals surface area contributed by atoms with Gasteiger partial charge >= 0.3 is 0 Å². The number of benzene rings is 2. The summed E-state index contributed by atoms with van der Waals surface area (Å²) < 4.78 is 0. The summed E-state index contributed by atoms with van der Waals surface area (Å²) in [5.74, 6) is -0.297. The van der Waals surface area contributed by atoms with Crippen LogP contribution in [0.5, 0.6) is 0 Å². The summed E-state index contributed by atoms with van der Waals surface area (Å²) in [6.07, 6.45) is 5.20. The monoisotopic (exact) mass is 326 g/mol. The lowest BCUT2D eigenvalue weighted by atomic mass is 10.2. The van der Waals surface area contributed by atoms with E-state index in [1.54, 1.807) is 30.0 Å². The number of nitrogens with one attached hydrogen (secondary N) is 2. The van der Waals surface area contributed by atoms with Crippen molar-refractivity contribution in [1.82, 2.24) is 0 Å². The number of amides is 2. The maximum atomic E-state index is 11.9. The van der Waals surface area contributed by atoms with Gasteiger partial charge in [-0.3, -0.25) is 9.59 Å². The van der Waals surface area contributed by atoms with Gasteiger partial charge in [-0.05, 0) is 48.2 Å². The van der Waals surface area contributed by atoms with Gasteiger partial charge in [0.15, 0.2) is 0 Å². The number of hydrogen-bond donors (Lipinski definition) is 2. The summed E-state index contributed by atoms with van der Waals surface area (Å²) in [7, 11) is 0. The summed E-state index contributed by atoms with van der Waals surface area (Å²) in [4.78, 5) is 24.0.